The predicted octanol–water partition coefficient (Wildman–Crippen LogP) is 2.25. The van der Waals surface area contributed by atoms with Gasteiger partial charge >= 0.3 is 0 Å². The molecule has 0 radical (unpaired) electrons. The van der Waals surface area contributed by atoms with E-state index in [1.54, 1.807) is 4.52 Å². The van der Waals surface area contributed by atoms with E-state index in [1.165, 1.54) is 0 Å². The molecule has 0 aliphatic carbocycles. The van der Waals surface area contributed by atoms with Crippen molar-refractivity contribution in [1.82, 2.24) is 14.5 Å². The first-order chi connectivity index (χ1) is 11.1. The van der Waals surface area contributed by atoms with E-state index in [4.69, 9.17) is 5.73 Å². The number of fused-ring (bicyclic) bond motifs is 1. The molecular formula is C17H24Cl2FN5. The fraction of sp³-hybridized carbons (Fsp3) is 0.471. The molecule has 0 saturated carbocycles. The number of halogens is 3. The third-order valence-corrected chi connectivity index (χ3v) is 4.29. The molecule has 0 bridgehead atoms. The number of piperidine rings is 1. The van der Waals surface area contributed by atoms with E-state index in [0.717, 1.165) is 29.9 Å². The van der Waals surface area contributed by atoms with Crippen LogP contribution >= 0.6 is 24.8 Å². The van der Waals surface area contributed by atoms with Crippen molar-refractivity contribution in [2.24, 2.45) is 5.73 Å². The molecule has 138 valence electrons. The predicted molar refractivity (Wildman–Crippen MR) is 105 cm³/mol. The third kappa shape index (κ3) is 4.56. The Morgan fingerprint density at radius 2 is 2.16 bits per heavy atom. The highest BCUT2D eigenvalue weighted by atomic mass is 35.5. The van der Waals surface area contributed by atoms with Crippen molar-refractivity contribution >= 4 is 36.1 Å². The van der Waals surface area contributed by atoms with Crippen LogP contribution in [0.3, 0.4) is 0 Å². The van der Waals surface area contributed by atoms with Crippen molar-refractivity contribution in [1.29, 1.82) is 0 Å². The number of pyridine rings is 1. The molecule has 0 spiro atoms. The van der Waals surface area contributed by atoms with E-state index in [-0.39, 0.29) is 30.9 Å². The Hall–Kier alpha value is -1.52. The van der Waals surface area contributed by atoms with Crippen LogP contribution in [-0.4, -0.2) is 53.4 Å². The number of likely N-dealkylation sites (tertiary alicyclic amines) is 1. The maximum atomic E-state index is 14.3. The number of anilines is 1. The summed E-state index contributed by atoms with van der Waals surface area (Å²) in [5.74, 6) is 6.62. The number of hydrogen-bond donors (Lipinski definition) is 2. The summed E-state index contributed by atoms with van der Waals surface area (Å²) in [6.45, 7) is 3.64. The normalized spacial score (nSPS) is 20.2. The Bertz CT molecular complexity index is 767. The summed E-state index contributed by atoms with van der Waals surface area (Å²) in [4.78, 5) is 2.02. The summed E-state index contributed by atoms with van der Waals surface area (Å²) in [6, 6.07) is 5.67. The van der Waals surface area contributed by atoms with Gasteiger partial charge < -0.3 is 16.0 Å². The lowest BCUT2D eigenvalue weighted by molar-refractivity contribution is 0.149. The highest BCUT2D eigenvalue weighted by Crippen LogP contribution is 2.22. The van der Waals surface area contributed by atoms with Crippen LogP contribution in [0.15, 0.2) is 18.2 Å². The second-order valence-corrected chi connectivity index (χ2v) is 6.01. The Balaban J connectivity index is 0.00000156. The maximum absolute atomic E-state index is 14.3. The lowest BCUT2D eigenvalue weighted by atomic mass is 10.0. The summed E-state index contributed by atoms with van der Waals surface area (Å²) in [7, 11) is 1.95. The first-order valence-electron chi connectivity index (χ1n) is 7.86. The van der Waals surface area contributed by atoms with E-state index in [9.17, 15) is 4.39 Å². The summed E-state index contributed by atoms with van der Waals surface area (Å²) >= 11 is 0. The van der Waals surface area contributed by atoms with Crippen molar-refractivity contribution in [2.45, 2.75) is 25.6 Å². The van der Waals surface area contributed by atoms with Gasteiger partial charge in [-0.2, -0.15) is 5.10 Å². The Kier molecular flexibility index (Phi) is 7.97. The van der Waals surface area contributed by atoms with Gasteiger partial charge in [-0.15, -0.1) is 24.8 Å². The van der Waals surface area contributed by atoms with Crippen LogP contribution in [0, 0.1) is 18.8 Å². The monoisotopic (exact) mass is 387 g/mol. The van der Waals surface area contributed by atoms with Crippen LogP contribution in [0.25, 0.3) is 5.52 Å². The molecule has 3 heterocycles. The molecule has 25 heavy (non-hydrogen) atoms. The molecule has 0 amide bonds. The van der Waals surface area contributed by atoms with Crippen LogP contribution in [0.1, 0.15) is 17.7 Å². The summed E-state index contributed by atoms with van der Waals surface area (Å²) in [6.07, 6.45) is -0.120. The minimum Gasteiger partial charge on any atom is -0.364 e. The molecule has 1 aliphatic heterocycles. The van der Waals surface area contributed by atoms with E-state index in [2.05, 4.69) is 22.3 Å². The van der Waals surface area contributed by atoms with Crippen molar-refractivity contribution in [3.05, 3.63) is 29.5 Å². The molecule has 3 N–H and O–H groups in total. The summed E-state index contributed by atoms with van der Waals surface area (Å²) < 4.78 is 16.1. The van der Waals surface area contributed by atoms with Gasteiger partial charge in [-0.1, -0.05) is 12.0 Å². The first-order valence-corrected chi connectivity index (χ1v) is 7.86. The molecule has 1 aliphatic rings. The minimum absolute atomic E-state index is 0. The van der Waals surface area contributed by atoms with E-state index in [1.807, 2.05) is 37.1 Å². The van der Waals surface area contributed by atoms with Gasteiger partial charge in [-0.3, -0.25) is 0 Å². The molecular weight excluding hydrogens is 364 g/mol. The minimum atomic E-state index is -0.892. The van der Waals surface area contributed by atoms with Gasteiger partial charge in [0.25, 0.3) is 0 Å². The van der Waals surface area contributed by atoms with Crippen LogP contribution in [0.4, 0.5) is 10.2 Å². The van der Waals surface area contributed by atoms with E-state index >= 15 is 0 Å². The van der Waals surface area contributed by atoms with Crippen molar-refractivity contribution in [2.75, 3.05) is 32.0 Å². The highest BCUT2D eigenvalue weighted by molar-refractivity contribution is 5.85. The molecule has 2 atom stereocenters. The number of nitrogens with zero attached hydrogens (tertiary/aromatic N) is 3. The number of rotatable bonds is 2. The van der Waals surface area contributed by atoms with Gasteiger partial charge in [0.15, 0.2) is 0 Å². The van der Waals surface area contributed by atoms with Crippen LogP contribution in [-0.2, 0) is 0 Å². The van der Waals surface area contributed by atoms with Crippen LogP contribution < -0.4 is 11.1 Å². The topological polar surface area (TPSA) is 58.6 Å². The van der Waals surface area contributed by atoms with Gasteiger partial charge in [0.1, 0.15) is 17.7 Å². The zero-order valence-corrected chi connectivity index (χ0v) is 16.0. The molecule has 2 aromatic rings. The third-order valence-electron chi connectivity index (χ3n) is 4.29. The largest absolute Gasteiger partial charge is 0.364 e. The van der Waals surface area contributed by atoms with Crippen molar-refractivity contribution in [3.63, 3.8) is 0 Å². The average molecular weight is 388 g/mol. The second kappa shape index (κ2) is 9.25. The molecule has 2 aromatic heterocycles. The second-order valence-electron chi connectivity index (χ2n) is 6.01. The molecule has 0 unspecified atom stereocenters. The number of alkyl halides is 1. The molecule has 1 fully saturated rings. The zero-order valence-electron chi connectivity index (χ0n) is 14.3. The SMILES string of the molecule is Cc1c(C#CCN)nn2c(N[C@@H]3CCN(C)C[C@@H]3F)cccc12.Cl.Cl. The Morgan fingerprint density at radius 3 is 2.84 bits per heavy atom. The number of nitrogens with two attached hydrogens (primary N) is 1. The Labute approximate surface area is 160 Å². The van der Waals surface area contributed by atoms with E-state index < -0.39 is 6.17 Å². The molecule has 3 rings (SSSR count). The van der Waals surface area contributed by atoms with Gasteiger partial charge in [0.05, 0.1) is 18.1 Å². The fourth-order valence-corrected chi connectivity index (χ4v) is 2.96. The smallest absolute Gasteiger partial charge is 0.139 e. The maximum Gasteiger partial charge on any atom is 0.139 e. The standard InChI is InChI=1S/C17H22FN5.2ClH/c1-12-14(5-4-9-19)21-23-16(12)6-3-7-17(23)20-15-8-10-22(2)11-13(15)18;;/h3,6-7,13,15,20H,8-11,19H2,1-2H3;2*1H/t13-,15+;;/m0../s1. The van der Waals surface area contributed by atoms with Gasteiger partial charge in [0, 0.05) is 18.7 Å². The van der Waals surface area contributed by atoms with Gasteiger partial charge in [0.2, 0.25) is 0 Å². The zero-order chi connectivity index (χ0) is 16.4. The lowest BCUT2D eigenvalue weighted by Gasteiger charge is -2.33. The van der Waals surface area contributed by atoms with Crippen LogP contribution in [0.5, 0.6) is 0 Å². The highest BCUT2D eigenvalue weighted by Gasteiger charge is 2.28. The number of aryl methyl sites for hydroxylation is 1. The lowest BCUT2D eigenvalue weighted by Crippen LogP contribution is -2.46. The van der Waals surface area contributed by atoms with Gasteiger partial charge in [-0.25, -0.2) is 8.91 Å². The molecule has 1 saturated heterocycles. The molecule has 0 aromatic carbocycles. The number of aromatic nitrogens is 2. The van der Waals surface area contributed by atoms with Gasteiger partial charge in [-0.05, 0) is 38.4 Å². The average Bonchev–Trinajstić information content (AvgIpc) is 2.86. The molecule has 8 heteroatoms. The van der Waals surface area contributed by atoms with Crippen molar-refractivity contribution < 1.29 is 4.39 Å². The molecule has 5 nitrogen and oxygen atoms in total. The quantitative estimate of drug-likeness (QED) is 0.775. The Morgan fingerprint density at radius 1 is 1.40 bits per heavy atom. The van der Waals surface area contributed by atoms with Crippen molar-refractivity contribution in [3.8, 4) is 11.8 Å². The van der Waals surface area contributed by atoms with Crippen LogP contribution in [0.2, 0.25) is 0 Å². The van der Waals surface area contributed by atoms with E-state index in [0.29, 0.717) is 18.8 Å². The summed E-state index contributed by atoms with van der Waals surface area (Å²) in [5.41, 5.74) is 8.13. The number of hydrogen-bond acceptors (Lipinski definition) is 4. The summed E-state index contributed by atoms with van der Waals surface area (Å²) in [5, 5.41) is 7.86. The fourth-order valence-electron chi connectivity index (χ4n) is 2.96. The first kappa shape index (κ1) is 21.5. The number of nitrogens with one attached hydrogen (secondary N) is 1.